The molecule has 0 saturated heterocycles. The standard InChI is InChI=1S/C6H10O.CH4O/c1-5(2)7-6(3)4;1-2/h1,3H2,2,4H3;2H,1H3. The molecule has 0 fully saturated rings. The van der Waals surface area contributed by atoms with Crippen molar-refractivity contribution in [2.45, 2.75) is 13.8 Å². The molecule has 0 heterocycles. The summed E-state index contributed by atoms with van der Waals surface area (Å²) in [6.45, 7) is 10.6. The summed E-state index contributed by atoms with van der Waals surface area (Å²) in [5, 5.41) is 7.00. The van der Waals surface area contributed by atoms with Crippen LogP contribution in [0, 0.1) is 0 Å². The summed E-state index contributed by atoms with van der Waals surface area (Å²) >= 11 is 0. The molecule has 0 spiro atoms. The van der Waals surface area contributed by atoms with Gasteiger partial charge in [0, 0.05) is 7.11 Å². The summed E-state index contributed by atoms with van der Waals surface area (Å²) < 4.78 is 4.86. The number of rotatable bonds is 2. The van der Waals surface area contributed by atoms with Crippen molar-refractivity contribution in [3.05, 3.63) is 24.7 Å². The molecule has 0 aliphatic rings. The molecule has 0 aromatic carbocycles. The van der Waals surface area contributed by atoms with E-state index in [0.717, 1.165) is 7.11 Å². The van der Waals surface area contributed by atoms with Crippen molar-refractivity contribution in [2.75, 3.05) is 7.11 Å². The zero-order chi connectivity index (χ0) is 7.86. The van der Waals surface area contributed by atoms with Gasteiger partial charge in [-0.05, 0) is 13.8 Å². The number of hydrogen-bond donors (Lipinski definition) is 1. The quantitative estimate of drug-likeness (QED) is 0.576. The minimum atomic E-state index is 0.688. The van der Waals surface area contributed by atoms with Gasteiger partial charge in [-0.15, -0.1) is 0 Å². The van der Waals surface area contributed by atoms with Gasteiger partial charge in [-0.2, -0.15) is 0 Å². The summed E-state index contributed by atoms with van der Waals surface area (Å²) in [6, 6.07) is 0. The normalized spacial score (nSPS) is 6.67. The third kappa shape index (κ3) is 18.9. The molecule has 2 heteroatoms. The highest BCUT2D eigenvalue weighted by Gasteiger charge is 1.80. The summed E-state index contributed by atoms with van der Waals surface area (Å²) in [6.07, 6.45) is 0. The lowest BCUT2D eigenvalue weighted by atomic mass is 10.6. The smallest absolute Gasteiger partial charge is 0.0933 e. The van der Waals surface area contributed by atoms with Crippen LogP contribution in [-0.4, -0.2) is 12.2 Å². The van der Waals surface area contributed by atoms with Crippen LogP contribution in [0.15, 0.2) is 24.7 Å². The van der Waals surface area contributed by atoms with Gasteiger partial charge in [0.1, 0.15) is 0 Å². The maximum Gasteiger partial charge on any atom is 0.0933 e. The molecular formula is C7H14O2. The van der Waals surface area contributed by atoms with Crippen molar-refractivity contribution in [1.29, 1.82) is 0 Å². The lowest BCUT2D eigenvalue weighted by Crippen LogP contribution is -1.78. The molecule has 0 aromatic rings. The molecule has 2 nitrogen and oxygen atoms in total. The van der Waals surface area contributed by atoms with Gasteiger partial charge >= 0.3 is 0 Å². The zero-order valence-electron chi connectivity index (χ0n) is 6.27. The summed E-state index contributed by atoms with van der Waals surface area (Å²) in [5.74, 6) is 1.38. The van der Waals surface area contributed by atoms with Crippen molar-refractivity contribution in [1.82, 2.24) is 0 Å². The molecule has 0 rings (SSSR count). The van der Waals surface area contributed by atoms with Gasteiger partial charge in [0.05, 0.1) is 11.5 Å². The van der Waals surface area contributed by atoms with Gasteiger partial charge in [-0.3, -0.25) is 0 Å². The van der Waals surface area contributed by atoms with Crippen LogP contribution in [0.1, 0.15) is 13.8 Å². The molecule has 0 radical (unpaired) electrons. The Balaban J connectivity index is 0. The van der Waals surface area contributed by atoms with Crippen LogP contribution >= 0.6 is 0 Å². The fraction of sp³-hybridized carbons (Fsp3) is 0.429. The van der Waals surface area contributed by atoms with Crippen LogP contribution in [0.5, 0.6) is 0 Å². The largest absolute Gasteiger partial charge is 0.468 e. The van der Waals surface area contributed by atoms with E-state index < -0.39 is 0 Å². The van der Waals surface area contributed by atoms with Crippen LogP contribution in [-0.2, 0) is 4.74 Å². The van der Waals surface area contributed by atoms with E-state index in [-0.39, 0.29) is 0 Å². The van der Waals surface area contributed by atoms with Crippen molar-refractivity contribution in [2.24, 2.45) is 0 Å². The number of aliphatic hydroxyl groups is 1. The Kier molecular flexibility index (Phi) is 8.92. The van der Waals surface area contributed by atoms with Crippen molar-refractivity contribution in [3.8, 4) is 0 Å². The Hall–Kier alpha value is -0.760. The summed E-state index contributed by atoms with van der Waals surface area (Å²) in [4.78, 5) is 0. The van der Waals surface area contributed by atoms with Gasteiger partial charge in [0.2, 0.25) is 0 Å². The fourth-order valence-electron chi connectivity index (χ4n) is 0.297. The molecule has 0 amide bonds. The van der Waals surface area contributed by atoms with Gasteiger partial charge in [0.15, 0.2) is 0 Å². The van der Waals surface area contributed by atoms with E-state index in [1.165, 1.54) is 0 Å². The highest BCUT2D eigenvalue weighted by molar-refractivity contribution is 4.85. The molecule has 0 aliphatic carbocycles. The lowest BCUT2D eigenvalue weighted by molar-refractivity contribution is 0.313. The molecule has 1 N–H and O–H groups in total. The fourth-order valence-corrected chi connectivity index (χ4v) is 0.297. The topological polar surface area (TPSA) is 29.5 Å². The Morgan fingerprint density at radius 3 is 1.33 bits per heavy atom. The maximum absolute atomic E-state index is 7.00. The third-order valence-electron chi connectivity index (χ3n) is 0.348. The minimum absolute atomic E-state index is 0.688. The van der Waals surface area contributed by atoms with E-state index in [2.05, 4.69) is 13.2 Å². The molecule has 0 aliphatic heterocycles. The molecule has 0 saturated carbocycles. The van der Waals surface area contributed by atoms with Gasteiger partial charge in [0.25, 0.3) is 0 Å². The number of allylic oxidation sites excluding steroid dienone is 2. The molecular weight excluding hydrogens is 116 g/mol. The second kappa shape index (κ2) is 7.24. The predicted molar refractivity (Wildman–Crippen MR) is 38.9 cm³/mol. The van der Waals surface area contributed by atoms with Crippen molar-refractivity contribution in [3.63, 3.8) is 0 Å². The number of aliphatic hydroxyl groups excluding tert-OH is 1. The van der Waals surface area contributed by atoms with E-state index in [1.54, 1.807) is 13.8 Å². The van der Waals surface area contributed by atoms with E-state index >= 15 is 0 Å². The molecule has 0 aromatic heterocycles. The van der Waals surface area contributed by atoms with Gasteiger partial charge < -0.3 is 9.84 Å². The monoisotopic (exact) mass is 130 g/mol. The molecule has 9 heavy (non-hydrogen) atoms. The predicted octanol–water partition coefficient (Wildman–Crippen LogP) is 1.68. The molecule has 0 unspecified atom stereocenters. The van der Waals surface area contributed by atoms with Crippen molar-refractivity contribution < 1.29 is 9.84 Å². The highest BCUT2D eigenvalue weighted by Crippen LogP contribution is 1.97. The molecule has 54 valence electrons. The van der Waals surface area contributed by atoms with Gasteiger partial charge in [-0.25, -0.2) is 0 Å². The first-order valence-electron chi connectivity index (χ1n) is 2.56. The Labute approximate surface area is 56.5 Å². The van der Waals surface area contributed by atoms with E-state index in [9.17, 15) is 0 Å². The summed E-state index contributed by atoms with van der Waals surface area (Å²) in [7, 11) is 1.00. The SMILES string of the molecule is C=C(C)OC(=C)C.CO. The average molecular weight is 130 g/mol. The van der Waals surface area contributed by atoms with E-state index in [0.29, 0.717) is 11.5 Å². The first kappa shape index (κ1) is 11.1. The van der Waals surface area contributed by atoms with E-state index in [4.69, 9.17) is 9.84 Å². The van der Waals surface area contributed by atoms with Crippen LogP contribution in [0.3, 0.4) is 0 Å². The molecule has 0 bridgehead atoms. The van der Waals surface area contributed by atoms with Crippen LogP contribution in [0.25, 0.3) is 0 Å². The first-order chi connectivity index (χ1) is 4.13. The molecule has 0 atom stereocenters. The van der Waals surface area contributed by atoms with Crippen LogP contribution in [0.2, 0.25) is 0 Å². The second-order valence-electron chi connectivity index (χ2n) is 1.51. The Morgan fingerprint density at radius 1 is 1.11 bits per heavy atom. The Morgan fingerprint density at radius 2 is 1.33 bits per heavy atom. The van der Waals surface area contributed by atoms with E-state index in [1.807, 2.05) is 0 Å². The number of ether oxygens (including phenoxy) is 1. The van der Waals surface area contributed by atoms with Crippen LogP contribution in [0.4, 0.5) is 0 Å². The third-order valence-corrected chi connectivity index (χ3v) is 0.348. The van der Waals surface area contributed by atoms with Crippen molar-refractivity contribution >= 4 is 0 Å². The van der Waals surface area contributed by atoms with Gasteiger partial charge in [-0.1, -0.05) is 13.2 Å². The minimum Gasteiger partial charge on any atom is -0.468 e. The number of hydrogen-bond acceptors (Lipinski definition) is 2. The Bertz CT molecular complexity index is 83.1. The first-order valence-corrected chi connectivity index (χ1v) is 2.56. The van der Waals surface area contributed by atoms with Crippen LogP contribution < -0.4 is 0 Å². The highest BCUT2D eigenvalue weighted by atomic mass is 16.5. The summed E-state index contributed by atoms with van der Waals surface area (Å²) in [5.41, 5.74) is 0. The zero-order valence-corrected chi connectivity index (χ0v) is 6.27. The average Bonchev–Trinajstić information content (AvgIpc) is 1.68. The lowest BCUT2D eigenvalue weighted by Gasteiger charge is -1.99. The maximum atomic E-state index is 7.00. The second-order valence-corrected chi connectivity index (χ2v) is 1.51.